The largest absolute Gasteiger partial charge is 0.495 e. The lowest BCUT2D eigenvalue weighted by Crippen LogP contribution is -2.43. The monoisotopic (exact) mass is 394 g/mol. The zero-order valence-corrected chi connectivity index (χ0v) is 17.0. The van der Waals surface area contributed by atoms with Gasteiger partial charge >= 0.3 is 0 Å². The Morgan fingerprint density at radius 1 is 1.10 bits per heavy atom. The van der Waals surface area contributed by atoms with Gasteiger partial charge in [0.1, 0.15) is 16.9 Å². The van der Waals surface area contributed by atoms with Gasteiger partial charge in [-0.15, -0.1) is 0 Å². The fourth-order valence-electron chi connectivity index (χ4n) is 3.98. The van der Waals surface area contributed by atoms with E-state index in [4.69, 9.17) is 9.15 Å². The highest BCUT2D eigenvalue weighted by molar-refractivity contribution is 6.07. The minimum Gasteiger partial charge on any atom is -0.495 e. The average molecular weight is 394 g/mol. The molecule has 1 aliphatic rings. The molecule has 0 spiro atoms. The minimum atomic E-state index is -0.123. The summed E-state index contributed by atoms with van der Waals surface area (Å²) in [5, 5.41) is 4.98. The third-order valence-corrected chi connectivity index (χ3v) is 5.63. The number of carbonyl (C=O) groups is 2. The molecule has 29 heavy (non-hydrogen) atoms. The van der Waals surface area contributed by atoms with Crippen LogP contribution in [0.1, 0.15) is 26.7 Å². The topological polar surface area (TPSA) is 71.8 Å². The number of hydrogen-bond donors (Lipinski definition) is 1. The summed E-state index contributed by atoms with van der Waals surface area (Å²) in [4.78, 5) is 26.9. The van der Waals surface area contributed by atoms with Crippen LogP contribution >= 0.6 is 0 Å². The fourth-order valence-corrected chi connectivity index (χ4v) is 3.98. The zero-order valence-electron chi connectivity index (χ0n) is 17.0. The van der Waals surface area contributed by atoms with Crippen molar-refractivity contribution in [2.75, 3.05) is 25.5 Å². The predicted octanol–water partition coefficient (Wildman–Crippen LogP) is 4.43. The van der Waals surface area contributed by atoms with Crippen LogP contribution in [-0.2, 0) is 9.59 Å². The molecule has 6 heteroatoms. The molecule has 0 saturated carbocycles. The molecule has 0 atom stereocenters. The molecule has 1 aromatic heterocycles. The van der Waals surface area contributed by atoms with Gasteiger partial charge in [-0.25, -0.2) is 0 Å². The Bertz CT molecular complexity index is 1060. The van der Waals surface area contributed by atoms with Crippen LogP contribution in [0.5, 0.6) is 5.75 Å². The summed E-state index contributed by atoms with van der Waals surface area (Å²) in [7, 11) is 1.59. The number of anilines is 1. The number of hydrogen-bond acceptors (Lipinski definition) is 4. The van der Waals surface area contributed by atoms with E-state index in [1.54, 1.807) is 7.11 Å². The van der Waals surface area contributed by atoms with Crippen molar-refractivity contribution in [1.29, 1.82) is 0 Å². The second kappa shape index (κ2) is 7.78. The van der Waals surface area contributed by atoms with Crippen LogP contribution in [0.15, 0.2) is 40.8 Å². The molecule has 2 aromatic carbocycles. The van der Waals surface area contributed by atoms with Crippen molar-refractivity contribution in [1.82, 2.24) is 4.90 Å². The van der Waals surface area contributed by atoms with Gasteiger partial charge in [0.2, 0.25) is 11.8 Å². The number of rotatable bonds is 4. The maximum Gasteiger partial charge on any atom is 0.227 e. The number of methoxy groups -OCH3 is 1. The quantitative estimate of drug-likeness (QED) is 0.711. The molecule has 0 unspecified atom stereocenters. The van der Waals surface area contributed by atoms with Gasteiger partial charge in [0.25, 0.3) is 0 Å². The van der Waals surface area contributed by atoms with E-state index in [9.17, 15) is 9.59 Å². The number of carbonyl (C=O) groups excluding carboxylic acids is 2. The zero-order chi connectivity index (χ0) is 20.5. The van der Waals surface area contributed by atoms with Crippen LogP contribution in [0.3, 0.4) is 0 Å². The average Bonchev–Trinajstić information content (AvgIpc) is 3.09. The molecular weight excluding hydrogens is 368 g/mol. The Labute approximate surface area is 169 Å². The first-order chi connectivity index (χ1) is 14.0. The lowest BCUT2D eigenvalue weighted by Gasteiger charge is -2.32. The third-order valence-electron chi connectivity index (χ3n) is 5.63. The van der Waals surface area contributed by atoms with E-state index in [-0.39, 0.29) is 23.7 Å². The van der Waals surface area contributed by atoms with Crippen LogP contribution in [-0.4, -0.2) is 36.9 Å². The molecule has 1 N–H and O–H groups in total. The molecule has 1 fully saturated rings. The van der Waals surface area contributed by atoms with Crippen molar-refractivity contribution < 1.29 is 18.7 Å². The number of nitrogens with one attached hydrogen (secondary N) is 1. The van der Waals surface area contributed by atoms with E-state index in [1.165, 1.54) is 0 Å². The molecule has 3 aromatic rings. The van der Waals surface area contributed by atoms with Crippen LogP contribution < -0.4 is 10.1 Å². The Hall–Kier alpha value is -3.02. The van der Waals surface area contributed by atoms with Crippen LogP contribution in [0.2, 0.25) is 0 Å². The van der Waals surface area contributed by atoms with Crippen LogP contribution in [0.25, 0.3) is 21.9 Å². The van der Waals surface area contributed by atoms with Crippen molar-refractivity contribution in [2.45, 2.75) is 26.7 Å². The normalized spacial score (nSPS) is 15.2. The number of piperidine rings is 1. The minimum absolute atomic E-state index is 0.0137. The molecule has 0 aliphatic carbocycles. The summed E-state index contributed by atoms with van der Waals surface area (Å²) >= 11 is 0. The van der Waals surface area contributed by atoms with Crippen molar-refractivity contribution in [3.63, 3.8) is 0 Å². The van der Waals surface area contributed by atoms with Crippen molar-refractivity contribution in [3.05, 3.63) is 36.4 Å². The summed E-state index contributed by atoms with van der Waals surface area (Å²) in [6.07, 6.45) is 1.33. The SMILES string of the molecule is COc1cc2c(cc1NC(=O)C1CCN(C(=O)C(C)C)CC1)oc1ccccc12. The predicted molar refractivity (Wildman–Crippen MR) is 113 cm³/mol. The van der Waals surface area contributed by atoms with Gasteiger partial charge in [-0.1, -0.05) is 32.0 Å². The number of benzene rings is 2. The number of likely N-dealkylation sites (tertiary alicyclic amines) is 1. The smallest absolute Gasteiger partial charge is 0.227 e. The standard InChI is InChI=1S/C23H26N2O4/c1-14(2)23(27)25-10-8-15(9-11-25)22(26)24-18-13-20-17(12-21(18)28-3)16-6-4-5-7-19(16)29-20/h4-7,12-15H,8-11H2,1-3H3,(H,24,26). The van der Waals surface area contributed by atoms with Crippen molar-refractivity contribution >= 4 is 39.4 Å². The Balaban J connectivity index is 1.52. The van der Waals surface area contributed by atoms with E-state index in [0.29, 0.717) is 43.0 Å². The highest BCUT2D eigenvalue weighted by Gasteiger charge is 2.28. The number of para-hydroxylation sites is 1. The molecule has 152 valence electrons. The number of fused-ring (bicyclic) bond motifs is 3. The first-order valence-corrected chi connectivity index (χ1v) is 10.1. The number of furan rings is 1. The van der Waals surface area contributed by atoms with Crippen LogP contribution in [0, 0.1) is 11.8 Å². The van der Waals surface area contributed by atoms with E-state index >= 15 is 0 Å². The highest BCUT2D eigenvalue weighted by Crippen LogP contribution is 2.36. The van der Waals surface area contributed by atoms with E-state index in [1.807, 2.05) is 55.1 Å². The molecule has 4 rings (SSSR count). The van der Waals surface area contributed by atoms with E-state index in [0.717, 1.165) is 16.4 Å². The summed E-state index contributed by atoms with van der Waals surface area (Å²) in [5.41, 5.74) is 2.11. The molecule has 0 radical (unpaired) electrons. The first kappa shape index (κ1) is 19.3. The maximum atomic E-state index is 12.9. The lowest BCUT2D eigenvalue weighted by molar-refractivity contribution is -0.137. The Morgan fingerprint density at radius 3 is 2.52 bits per heavy atom. The van der Waals surface area contributed by atoms with Gasteiger partial charge in [0.15, 0.2) is 0 Å². The van der Waals surface area contributed by atoms with Crippen molar-refractivity contribution in [3.8, 4) is 5.75 Å². The van der Waals surface area contributed by atoms with Gasteiger partial charge < -0.3 is 19.4 Å². The Morgan fingerprint density at radius 2 is 1.83 bits per heavy atom. The molecule has 6 nitrogen and oxygen atoms in total. The molecule has 2 heterocycles. The summed E-state index contributed by atoms with van der Waals surface area (Å²) in [6.45, 7) is 5.05. The van der Waals surface area contributed by atoms with E-state index in [2.05, 4.69) is 5.32 Å². The fraction of sp³-hybridized carbons (Fsp3) is 0.391. The van der Waals surface area contributed by atoms with E-state index < -0.39 is 0 Å². The summed E-state index contributed by atoms with van der Waals surface area (Å²) < 4.78 is 11.5. The highest BCUT2D eigenvalue weighted by atomic mass is 16.5. The number of nitrogens with zero attached hydrogens (tertiary/aromatic N) is 1. The van der Waals surface area contributed by atoms with Gasteiger partial charge in [-0.3, -0.25) is 9.59 Å². The maximum absolute atomic E-state index is 12.9. The summed E-state index contributed by atoms with van der Waals surface area (Å²) in [5.74, 6) is 0.573. The van der Waals surface area contributed by atoms with Crippen molar-refractivity contribution in [2.24, 2.45) is 11.8 Å². The molecule has 2 amide bonds. The lowest BCUT2D eigenvalue weighted by atomic mass is 9.95. The molecular formula is C23H26N2O4. The van der Waals surface area contributed by atoms with Gasteiger partial charge in [-0.2, -0.15) is 0 Å². The molecule has 0 bridgehead atoms. The van der Waals surface area contributed by atoms with Gasteiger partial charge in [0.05, 0.1) is 12.8 Å². The second-order valence-electron chi connectivity index (χ2n) is 7.89. The number of amides is 2. The van der Waals surface area contributed by atoms with Gasteiger partial charge in [-0.05, 0) is 25.0 Å². The summed E-state index contributed by atoms with van der Waals surface area (Å²) in [6, 6.07) is 11.6. The Kier molecular flexibility index (Phi) is 5.18. The first-order valence-electron chi connectivity index (χ1n) is 10.1. The molecule has 1 saturated heterocycles. The second-order valence-corrected chi connectivity index (χ2v) is 7.89. The molecule has 1 aliphatic heterocycles. The third kappa shape index (κ3) is 3.67. The number of ether oxygens (including phenoxy) is 1. The van der Waals surface area contributed by atoms with Gasteiger partial charge in [0, 0.05) is 41.8 Å². The van der Waals surface area contributed by atoms with Crippen LogP contribution in [0.4, 0.5) is 5.69 Å².